The van der Waals surface area contributed by atoms with Crippen LogP contribution in [0.5, 0.6) is 5.75 Å². The second kappa shape index (κ2) is 14.0. The number of ether oxygens (including phenoxy) is 2. The number of nitrogens with zero attached hydrogens (tertiary/aromatic N) is 2. The van der Waals surface area contributed by atoms with Gasteiger partial charge < -0.3 is 20.1 Å². The zero-order valence-electron chi connectivity index (χ0n) is 16.9. The zero-order chi connectivity index (χ0) is 18.6. The Labute approximate surface area is 181 Å². The van der Waals surface area contributed by atoms with E-state index in [9.17, 15) is 0 Å². The minimum atomic E-state index is 0. The molecule has 0 aromatic heterocycles. The van der Waals surface area contributed by atoms with Crippen molar-refractivity contribution in [2.24, 2.45) is 10.9 Å². The molecule has 1 aromatic carbocycles. The van der Waals surface area contributed by atoms with Crippen LogP contribution in [0.15, 0.2) is 29.3 Å². The number of benzene rings is 1. The van der Waals surface area contributed by atoms with E-state index in [-0.39, 0.29) is 24.0 Å². The second-order valence-corrected chi connectivity index (χ2v) is 6.95. The summed E-state index contributed by atoms with van der Waals surface area (Å²) in [6, 6.07) is 8.19. The molecular weight excluding hydrogens is 455 g/mol. The molecule has 1 aliphatic rings. The van der Waals surface area contributed by atoms with Gasteiger partial charge in [-0.3, -0.25) is 9.89 Å². The van der Waals surface area contributed by atoms with Gasteiger partial charge in [0.05, 0.1) is 13.2 Å². The SMILES string of the molecule is CN=C(NCCC(C)C)NCc1ccccc1OCCN1CCOCC1.I. The second-order valence-electron chi connectivity index (χ2n) is 6.95. The van der Waals surface area contributed by atoms with Crippen LogP contribution < -0.4 is 15.4 Å². The fraction of sp³-hybridized carbons (Fsp3) is 0.650. The summed E-state index contributed by atoms with van der Waals surface area (Å²) < 4.78 is 11.4. The third-order valence-electron chi connectivity index (χ3n) is 4.43. The van der Waals surface area contributed by atoms with Gasteiger partial charge in [0.15, 0.2) is 5.96 Å². The van der Waals surface area contributed by atoms with Crippen molar-refractivity contribution in [2.45, 2.75) is 26.8 Å². The molecule has 1 fully saturated rings. The average molecular weight is 490 g/mol. The van der Waals surface area contributed by atoms with Crippen LogP contribution in [0.25, 0.3) is 0 Å². The maximum absolute atomic E-state index is 6.04. The van der Waals surface area contributed by atoms with Gasteiger partial charge in [0.1, 0.15) is 12.4 Å². The number of para-hydroxylation sites is 1. The topological polar surface area (TPSA) is 58.1 Å². The Morgan fingerprint density at radius 2 is 1.96 bits per heavy atom. The van der Waals surface area contributed by atoms with E-state index in [2.05, 4.69) is 40.4 Å². The van der Waals surface area contributed by atoms with Crippen molar-refractivity contribution in [3.8, 4) is 5.75 Å². The minimum absolute atomic E-state index is 0. The number of nitrogens with one attached hydrogen (secondary N) is 2. The van der Waals surface area contributed by atoms with Crippen LogP contribution in [0.4, 0.5) is 0 Å². The lowest BCUT2D eigenvalue weighted by Gasteiger charge is -2.26. The lowest BCUT2D eigenvalue weighted by atomic mass is 10.1. The zero-order valence-corrected chi connectivity index (χ0v) is 19.2. The maximum Gasteiger partial charge on any atom is 0.191 e. The van der Waals surface area contributed by atoms with E-state index in [1.165, 1.54) is 0 Å². The van der Waals surface area contributed by atoms with Crippen molar-refractivity contribution >= 4 is 29.9 Å². The van der Waals surface area contributed by atoms with Crippen LogP contribution in [0.2, 0.25) is 0 Å². The first-order valence-electron chi connectivity index (χ1n) is 9.64. The third-order valence-corrected chi connectivity index (χ3v) is 4.43. The summed E-state index contributed by atoms with van der Waals surface area (Å²) in [6.07, 6.45) is 1.13. The van der Waals surface area contributed by atoms with Gasteiger partial charge in [-0.2, -0.15) is 0 Å². The molecule has 154 valence electrons. The van der Waals surface area contributed by atoms with Crippen LogP contribution in [0.1, 0.15) is 25.8 Å². The molecule has 0 unspecified atom stereocenters. The summed E-state index contributed by atoms with van der Waals surface area (Å²) in [7, 11) is 1.80. The first-order chi connectivity index (χ1) is 12.7. The summed E-state index contributed by atoms with van der Waals surface area (Å²) in [5, 5.41) is 6.73. The van der Waals surface area contributed by atoms with E-state index in [1.807, 2.05) is 18.2 Å². The van der Waals surface area contributed by atoms with Gasteiger partial charge in [-0.25, -0.2) is 0 Å². The highest BCUT2D eigenvalue weighted by Crippen LogP contribution is 2.17. The largest absolute Gasteiger partial charge is 0.492 e. The van der Waals surface area contributed by atoms with Gasteiger partial charge in [0.25, 0.3) is 0 Å². The molecule has 27 heavy (non-hydrogen) atoms. The highest BCUT2D eigenvalue weighted by atomic mass is 127. The average Bonchev–Trinajstić information content (AvgIpc) is 2.66. The summed E-state index contributed by atoms with van der Waals surface area (Å²) >= 11 is 0. The summed E-state index contributed by atoms with van der Waals surface area (Å²) in [6.45, 7) is 11.3. The lowest BCUT2D eigenvalue weighted by Crippen LogP contribution is -2.39. The normalized spacial score (nSPS) is 15.3. The Balaban J connectivity index is 0.00000364. The number of hydrogen-bond acceptors (Lipinski definition) is 4. The Morgan fingerprint density at radius 3 is 2.67 bits per heavy atom. The summed E-state index contributed by atoms with van der Waals surface area (Å²) in [5.74, 6) is 2.45. The van der Waals surface area contributed by atoms with Crippen LogP contribution in [0.3, 0.4) is 0 Å². The standard InChI is InChI=1S/C20H34N4O2.HI/c1-17(2)8-9-22-20(21-3)23-16-18-6-4-5-7-19(18)26-15-12-24-10-13-25-14-11-24;/h4-7,17H,8-16H2,1-3H3,(H2,21,22,23);1H. The molecule has 2 N–H and O–H groups in total. The number of rotatable bonds is 9. The molecule has 0 saturated carbocycles. The molecule has 0 radical (unpaired) electrons. The van der Waals surface area contributed by atoms with E-state index < -0.39 is 0 Å². The van der Waals surface area contributed by atoms with E-state index in [0.717, 1.165) is 63.1 Å². The van der Waals surface area contributed by atoms with Crippen molar-refractivity contribution in [1.29, 1.82) is 0 Å². The molecular formula is C20H35IN4O2. The molecule has 0 aliphatic carbocycles. The number of aliphatic imine (C=N–C) groups is 1. The Kier molecular flexibility index (Phi) is 12.4. The highest BCUT2D eigenvalue weighted by molar-refractivity contribution is 14.0. The quantitative estimate of drug-likeness (QED) is 0.317. The molecule has 1 aliphatic heterocycles. The van der Waals surface area contributed by atoms with E-state index in [4.69, 9.17) is 9.47 Å². The van der Waals surface area contributed by atoms with Crippen LogP contribution in [-0.2, 0) is 11.3 Å². The van der Waals surface area contributed by atoms with Crippen molar-refractivity contribution in [3.63, 3.8) is 0 Å². The minimum Gasteiger partial charge on any atom is -0.492 e. The van der Waals surface area contributed by atoms with E-state index in [0.29, 0.717) is 19.1 Å². The van der Waals surface area contributed by atoms with Crippen molar-refractivity contribution in [2.75, 3.05) is 53.0 Å². The molecule has 0 spiro atoms. The van der Waals surface area contributed by atoms with Gasteiger partial charge in [-0.1, -0.05) is 32.0 Å². The molecule has 1 saturated heterocycles. The fourth-order valence-electron chi connectivity index (χ4n) is 2.78. The maximum atomic E-state index is 6.04. The Bertz CT molecular complexity index is 549. The van der Waals surface area contributed by atoms with Crippen molar-refractivity contribution in [3.05, 3.63) is 29.8 Å². The summed E-state index contributed by atoms with van der Waals surface area (Å²) in [4.78, 5) is 6.67. The predicted molar refractivity (Wildman–Crippen MR) is 122 cm³/mol. The number of morpholine rings is 1. The molecule has 0 amide bonds. The number of guanidine groups is 1. The molecule has 6 nitrogen and oxygen atoms in total. The third kappa shape index (κ3) is 9.62. The molecule has 0 bridgehead atoms. The monoisotopic (exact) mass is 490 g/mol. The number of hydrogen-bond donors (Lipinski definition) is 2. The van der Waals surface area contributed by atoms with E-state index in [1.54, 1.807) is 7.05 Å². The van der Waals surface area contributed by atoms with Crippen LogP contribution in [-0.4, -0.2) is 63.9 Å². The molecule has 7 heteroatoms. The van der Waals surface area contributed by atoms with Crippen LogP contribution in [0, 0.1) is 5.92 Å². The van der Waals surface area contributed by atoms with E-state index >= 15 is 0 Å². The van der Waals surface area contributed by atoms with Gasteiger partial charge in [-0.15, -0.1) is 24.0 Å². The highest BCUT2D eigenvalue weighted by Gasteiger charge is 2.10. The van der Waals surface area contributed by atoms with Crippen molar-refractivity contribution < 1.29 is 9.47 Å². The summed E-state index contributed by atoms with van der Waals surface area (Å²) in [5.41, 5.74) is 1.14. The lowest BCUT2D eigenvalue weighted by molar-refractivity contribution is 0.0322. The Hall–Kier alpha value is -1.06. The van der Waals surface area contributed by atoms with Gasteiger partial charge in [0, 0.05) is 45.3 Å². The number of halogens is 1. The first-order valence-corrected chi connectivity index (χ1v) is 9.64. The molecule has 1 heterocycles. The molecule has 1 aromatic rings. The van der Waals surface area contributed by atoms with Crippen LogP contribution >= 0.6 is 24.0 Å². The molecule has 2 rings (SSSR count). The van der Waals surface area contributed by atoms with Crippen molar-refractivity contribution in [1.82, 2.24) is 15.5 Å². The Morgan fingerprint density at radius 1 is 1.22 bits per heavy atom. The fourth-order valence-corrected chi connectivity index (χ4v) is 2.78. The first kappa shape index (κ1) is 24.0. The molecule has 0 atom stereocenters. The van der Waals surface area contributed by atoms with Gasteiger partial charge in [-0.05, 0) is 18.4 Å². The van der Waals surface area contributed by atoms with Gasteiger partial charge in [0.2, 0.25) is 0 Å². The predicted octanol–water partition coefficient (Wildman–Crippen LogP) is 2.73. The smallest absolute Gasteiger partial charge is 0.191 e. The van der Waals surface area contributed by atoms with Gasteiger partial charge >= 0.3 is 0 Å².